The molecule has 1 fully saturated rings. The molecule has 1 aliphatic rings. The number of hydrogen-bond donors (Lipinski definition) is 2. The van der Waals surface area contributed by atoms with Gasteiger partial charge in [0, 0.05) is 24.8 Å². The second-order valence-corrected chi connectivity index (χ2v) is 7.77. The molecule has 170 valence electrons. The lowest BCUT2D eigenvalue weighted by molar-refractivity contribution is 0.175. The van der Waals surface area contributed by atoms with Crippen LogP contribution in [0.25, 0.3) is 11.3 Å². The number of carbonyl (C=O) groups is 1. The number of guanidine groups is 1. The molecule has 0 bridgehead atoms. The van der Waals surface area contributed by atoms with E-state index in [9.17, 15) is 4.79 Å². The first kappa shape index (κ1) is 24.2. The summed E-state index contributed by atoms with van der Waals surface area (Å²) in [7, 11) is 3.41. The smallest absolute Gasteiger partial charge is 0.329 e. The SMILES string of the molecule is CCCC.COc1ccc(-c2cn(C(=O)N(C)C3CCCCC3)cn2)cc1N=C(N)N. The van der Waals surface area contributed by atoms with E-state index in [4.69, 9.17) is 16.2 Å². The van der Waals surface area contributed by atoms with Gasteiger partial charge in [-0.1, -0.05) is 46.0 Å². The van der Waals surface area contributed by atoms with Crippen LogP contribution in [-0.2, 0) is 0 Å². The predicted octanol–water partition coefficient (Wildman–Crippen LogP) is 4.50. The Morgan fingerprint density at radius 2 is 1.90 bits per heavy atom. The molecule has 1 aromatic heterocycles. The van der Waals surface area contributed by atoms with Crippen LogP contribution in [0.3, 0.4) is 0 Å². The molecule has 1 aliphatic carbocycles. The molecule has 1 amide bonds. The first-order chi connectivity index (χ1) is 14.9. The number of rotatable bonds is 5. The third kappa shape index (κ3) is 6.73. The Balaban J connectivity index is 0.000000785. The third-order valence-electron chi connectivity index (χ3n) is 5.45. The largest absolute Gasteiger partial charge is 0.494 e. The average molecular weight is 429 g/mol. The van der Waals surface area contributed by atoms with Crippen molar-refractivity contribution >= 4 is 17.7 Å². The Hall–Kier alpha value is -3.03. The highest BCUT2D eigenvalue weighted by atomic mass is 16.5. The van der Waals surface area contributed by atoms with E-state index < -0.39 is 0 Å². The molecule has 0 spiro atoms. The number of nitrogens with zero attached hydrogens (tertiary/aromatic N) is 4. The van der Waals surface area contributed by atoms with E-state index in [1.807, 2.05) is 18.0 Å². The second-order valence-electron chi connectivity index (χ2n) is 7.77. The highest BCUT2D eigenvalue weighted by Gasteiger charge is 2.23. The molecule has 0 aliphatic heterocycles. The Kier molecular flexibility index (Phi) is 9.37. The number of carbonyl (C=O) groups excluding carboxylic acids is 1. The van der Waals surface area contributed by atoms with Crippen molar-refractivity contribution in [2.24, 2.45) is 16.5 Å². The van der Waals surface area contributed by atoms with Crippen LogP contribution in [0.15, 0.2) is 35.7 Å². The van der Waals surface area contributed by atoms with Gasteiger partial charge >= 0.3 is 6.03 Å². The number of amides is 1. The monoisotopic (exact) mass is 428 g/mol. The maximum Gasteiger partial charge on any atom is 0.329 e. The molecule has 31 heavy (non-hydrogen) atoms. The topological polar surface area (TPSA) is 112 Å². The van der Waals surface area contributed by atoms with E-state index >= 15 is 0 Å². The second kappa shape index (κ2) is 12.0. The number of unbranched alkanes of at least 4 members (excludes halogenated alkanes) is 1. The lowest BCUT2D eigenvalue weighted by Crippen LogP contribution is -2.40. The fourth-order valence-corrected chi connectivity index (χ4v) is 3.46. The maximum absolute atomic E-state index is 12.8. The van der Waals surface area contributed by atoms with Gasteiger partial charge in [0.2, 0.25) is 0 Å². The molecule has 1 aromatic carbocycles. The first-order valence-corrected chi connectivity index (χ1v) is 11.0. The minimum atomic E-state index is -0.0707. The minimum Gasteiger partial charge on any atom is -0.494 e. The van der Waals surface area contributed by atoms with Gasteiger partial charge in [0.1, 0.15) is 17.8 Å². The van der Waals surface area contributed by atoms with Gasteiger partial charge in [-0.05, 0) is 31.0 Å². The summed E-state index contributed by atoms with van der Waals surface area (Å²) < 4.78 is 6.80. The molecule has 4 N–H and O–H groups in total. The van der Waals surface area contributed by atoms with Gasteiger partial charge in [-0.2, -0.15) is 0 Å². The minimum absolute atomic E-state index is 0.0553. The van der Waals surface area contributed by atoms with Gasteiger partial charge in [-0.25, -0.2) is 14.8 Å². The number of ether oxygens (including phenoxy) is 1. The van der Waals surface area contributed by atoms with E-state index in [-0.39, 0.29) is 12.0 Å². The van der Waals surface area contributed by atoms with E-state index in [0.29, 0.717) is 23.2 Å². The van der Waals surface area contributed by atoms with Gasteiger partial charge in [-0.3, -0.25) is 4.57 Å². The zero-order valence-electron chi connectivity index (χ0n) is 19.2. The first-order valence-electron chi connectivity index (χ1n) is 11.0. The molecule has 8 heteroatoms. The molecular weight excluding hydrogens is 392 g/mol. The van der Waals surface area contributed by atoms with Gasteiger partial charge in [0.15, 0.2) is 5.96 Å². The molecule has 3 rings (SSSR count). The van der Waals surface area contributed by atoms with Gasteiger partial charge in [0.25, 0.3) is 0 Å². The maximum atomic E-state index is 12.8. The van der Waals surface area contributed by atoms with Gasteiger partial charge in [0.05, 0.1) is 12.8 Å². The summed E-state index contributed by atoms with van der Waals surface area (Å²) in [5.41, 5.74) is 12.9. The Morgan fingerprint density at radius 3 is 2.48 bits per heavy atom. The summed E-state index contributed by atoms with van der Waals surface area (Å²) >= 11 is 0. The highest BCUT2D eigenvalue weighted by Crippen LogP contribution is 2.32. The lowest BCUT2D eigenvalue weighted by atomic mass is 9.95. The van der Waals surface area contributed by atoms with Gasteiger partial charge in [-0.15, -0.1) is 0 Å². The Labute approximate surface area is 185 Å². The van der Waals surface area contributed by atoms with Crippen molar-refractivity contribution in [3.8, 4) is 17.0 Å². The number of methoxy groups -OCH3 is 1. The fourth-order valence-electron chi connectivity index (χ4n) is 3.46. The van der Waals surface area contributed by atoms with Crippen molar-refractivity contribution in [3.05, 3.63) is 30.7 Å². The standard InChI is InChI=1S/C19H26N6O2.C4H10/c1-24(14-6-4-3-5-7-14)19(26)25-11-16(22-12-25)13-8-9-17(27-2)15(10-13)23-18(20)21;1-3-4-2/h8-12,14H,3-7H2,1-2H3,(H4,20,21,23);3-4H2,1-2H3. The number of hydrogen-bond acceptors (Lipinski definition) is 4. The summed E-state index contributed by atoms with van der Waals surface area (Å²) in [5.74, 6) is 0.500. The van der Waals surface area contributed by atoms with Crippen LogP contribution in [0.5, 0.6) is 5.75 Å². The molecule has 0 unspecified atom stereocenters. The van der Waals surface area contributed by atoms with Crippen molar-refractivity contribution in [2.75, 3.05) is 14.2 Å². The van der Waals surface area contributed by atoms with Crippen molar-refractivity contribution in [1.82, 2.24) is 14.5 Å². The van der Waals surface area contributed by atoms with Crippen LogP contribution in [-0.4, -0.2) is 46.6 Å². The van der Waals surface area contributed by atoms with E-state index in [0.717, 1.165) is 18.4 Å². The molecule has 0 saturated heterocycles. The number of nitrogens with two attached hydrogens (primary N) is 2. The molecular formula is C23H36N6O2. The Morgan fingerprint density at radius 1 is 1.23 bits per heavy atom. The fraction of sp³-hybridized carbons (Fsp3) is 0.522. The summed E-state index contributed by atoms with van der Waals surface area (Å²) in [6.45, 7) is 4.36. The van der Waals surface area contributed by atoms with Crippen LogP contribution in [0.4, 0.5) is 10.5 Å². The Bertz CT molecular complexity index is 865. The number of imidazole rings is 1. The molecule has 8 nitrogen and oxygen atoms in total. The molecule has 1 saturated carbocycles. The number of aromatic nitrogens is 2. The normalized spacial score (nSPS) is 13.7. The van der Waals surface area contributed by atoms with Crippen LogP contribution in [0.1, 0.15) is 58.8 Å². The van der Waals surface area contributed by atoms with E-state index in [1.54, 1.807) is 31.8 Å². The van der Waals surface area contributed by atoms with Crippen molar-refractivity contribution in [1.29, 1.82) is 0 Å². The van der Waals surface area contributed by atoms with Gasteiger partial charge < -0.3 is 21.1 Å². The van der Waals surface area contributed by atoms with Crippen molar-refractivity contribution in [2.45, 2.75) is 64.8 Å². The highest BCUT2D eigenvalue weighted by molar-refractivity contribution is 5.82. The third-order valence-corrected chi connectivity index (χ3v) is 5.45. The summed E-state index contributed by atoms with van der Waals surface area (Å²) in [6, 6.07) is 5.63. The number of aliphatic imine (C=N–C) groups is 1. The lowest BCUT2D eigenvalue weighted by Gasteiger charge is -2.31. The summed E-state index contributed by atoms with van der Waals surface area (Å²) in [6.07, 6.45) is 11.6. The van der Waals surface area contributed by atoms with Crippen molar-refractivity contribution < 1.29 is 9.53 Å². The van der Waals surface area contributed by atoms with Crippen LogP contribution in [0.2, 0.25) is 0 Å². The molecule has 1 heterocycles. The zero-order valence-corrected chi connectivity index (χ0v) is 19.2. The average Bonchev–Trinajstić information content (AvgIpc) is 3.28. The molecule has 0 atom stereocenters. The van der Waals surface area contributed by atoms with Crippen LogP contribution >= 0.6 is 0 Å². The molecule has 0 radical (unpaired) electrons. The van der Waals surface area contributed by atoms with E-state index in [1.165, 1.54) is 36.7 Å². The summed E-state index contributed by atoms with van der Waals surface area (Å²) in [4.78, 5) is 23.1. The van der Waals surface area contributed by atoms with Crippen LogP contribution in [0, 0.1) is 0 Å². The molecule has 2 aromatic rings. The predicted molar refractivity (Wildman–Crippen MR) is 126 cm³/mol. The van der Waals surface area contributed by atoms with E-state index in [2.05, 4.69) is 23.8 Å². The zero-order chi connectivity index (χ0) is 22.8. The van der Waals surface area contributed by atoms with Crippen LogP contribution < -0.4 is 16.2 Å². The quantitative estimate of drug-likeness (QED) is 0.538. The number of benzene rings is 1. The van der Waals surface area contributed by atoms with Crippen molar-refractivity contribution in [3.63, 3.8) is 0 Å². The summed E-state index contributed by atoms with van der Waals surface area (Å²) in [5, 5.41) is 0.